The smallest absolute Gasteiger partial charge is 0.134 e. The van der Waals surface area contributed by atoms with Crippen molar-refractivity contribution < 1.29 is 14.6 Å². The molecule has 4 nitrogen and oxygen atoms in total. The Balaban J connectivity index is 2.47. The molecule has 0 radical (unpaired) electrons. The summed E-state index contributed by atoms with van der Waals surface area (Å²) in [6.45, 7) is 0.804. The van der Waals surface area contributed by atoms with Crippen LogP contribution in [0.1, 0.15) is 12.0 Å². The lowest BCUT2D eigenvalue weighted by molar-refractivity contribution is -0.110. The molecule has 2 rings (SSSR count). The molecule has 1 fully saturated rings. The van der Waals surface area contributed by atoms with Crippen molar-refractivity contribution in [2.75, 3.05) is 26.9 Å². The molecule has 0 spiro atoms. The topological polar surface area (TPSA) is 62.5 Å². The third-order valence-electron chi connectivity index (χ3n) is 3.63. The van der Waals surface area contributed by atoms with E-state index in [1.807, 2.05) is 30.3 Å². The van der Waals surface area contributed by atoms with Gasteiger partial charge in [0.2, 0.25) is 0 Å². The Hall–Kier alpha value is -1.41. The van der Waals surface area contributed by atoms with Crippen LogP contribution in [0.5, 0.6) is 0 Å². The zero-order valence-electron chi connectivity index (χ0n) is 10.4. The second-order valence-corrected chi connectivity index (χ2v) is 4.66. The molecule has 1 N–H and O–H groups in total. The van der Waals surface area contributed by atoms with Crippen molar-refractivity contribution in [3.63, 3.8) is 0 Å². The van der Waals surface area contributed by atoms with Gasteiger partial charge in [0.05, 0.1) is 19.3 Å². The van der Waals surface area contributed by atoms with Crippen LogP contribution in [0.15, 0.2) is 30.3 Å². The van der Waals surface area contributed by atoms with Crippen LogP contribution in [0.25, 0.3) is 0 Å². The molecule has 4 heteroatoms. The number of methoxy groups -OCH3 is 1. The highest BCUT2D eigenvalue weighted by Crippen LogP contribution is 2.45. The molecule has 96 valence electrons. The van der Waals surface area contributed by atoms with E-state index in [4.69, 9.17) is 9.47 Å². The monoisotopic (exact) mass is 247 g/mol. The Kier molecular flexibility index (Phi) is 3.67. The first-order valence-corrected chi connectivity index (χ1v) is 5.94. The summed E-state index contributed by atoms with van der Waals surface area (Å²) in [5.41, 5.74) is -1.59. The lowest BCUT2D eigenvalue weighted by atomic mass is 9.69. The van der Waals surface area contributed by atoms with Gasteiger partial charge in [-0.15, -0.1) is 0 Å². The molecule has 1 aromatic rings. The summed E-state index contributed by atoms with van der Waals surface area (Å²) < 4.78 is 10.5. The van der Waals surface area contributed by atoms with E-state index in [1.54, 1.807) is 0 Å². The second-order valence-electron chi connectivity index (χ2n) is 4.66. The largest absolute Gasteiger partial charge is 0.381 e. The molecular formula is C14H17NO3. The van der Waals surface area contributed by atoms with Crippen molar-refractivity contribution in [1.82, 2.24) is 0 Å². The minimum atomic E-state index is -1.34. The first-order chi connectivity index (χ1) is 8.68. The molecule has 0 amide bonds. The van der Waals surface area contributed by atoms with Gasteiger partial charge in [-0.2, -0.15) is 5.26 Å². The summed E-state index contributed by atoms with van der Waals surface area (Å²) in [6.07, 6.45) is 0.512. The fraction of sp³-hybridized carbons (Fsp3) is 0.500. The van der Waals surface area contributed by atoms with Crippen molar-refractivity contribution in [2.24, 2.45) is 5.41 Å². The van der Waals surface area contributed by atoms with Crippen molar-refractivity contribution in [1.29, 1.82) is 5.26 Å². The maximum Gasteiger partial charge on any atom is 0.134 e. The van der Waals surface area contributed by atoms with Gasteiger partial charge in [-0.3, -0.25) is 0 Å². The molecule has 1 aromatic carbocycles. The normalized spacial score (nSPS) is 26.5. The van der Waals surface area contributed by atoms with E-state index in [0.29, 0.717) is 18.6 Å². The van der Waals surface area contributed by atoms with Gasteiger partial charge in [-0.05, 0) is 12.0 Å². The number of ether oxygens (including phenoxy) is 2. The first kappa shape index (κ1) is 13.0. The molecule has 1 aliphatic rings. The number of nitrogens with zero attached hydrogens (tertiary/aromatic N) is 1. The van der Waals surface area contributed by atoms with Crippen LogP contribution in [0.4, 0.5) is 0 Å². The van der Waals surface area contributed by atoms with E-state index in [2.05, 4.69) is 6.07 Å². The highest BCUT2D eigenvalue weighted by molar-refractivity contribution is 5.30. The fourth-order valence-corrected chi connectivity index (χ4v) is 2.49. The molecule has 1 aliphatic heterocycles. The molecule has 0 aromatic heterocycles. The summed E-state index contributed by atoms with van der Waals surface area (Å²) in [4.78, 5) is 0. The van der Waals surface area contributed by atoms with Gasteiger partial charge in [0, 0.05) is 13.7 Å². The summed E-state index contributed by atoms with van der Waals surface area (Å²) in [6, 6.07) is 11.4. The Bertz CT molecular complexity index is 434. The van der Waals surface area contributed by atoms with E-state index in [9.17, 15) is 10.4 Å². The molecule has 1 saturated heterocycles. The average Bonchev–Trinajstić information content (AvgIpc) is 2.90. The third kappa shape index (κ3) is 1.91. The number of benzene rings is 1. The number of rotatable bonds is 4. The zero-order chi connectivity index (χ0) is 13.1. The van der Waals surface area contributed by atoms with Crippen molar-refractivity contribution in [2.45, 2.75) is 12.0 Å². The molecule has 0 aliphatic carbocycles. The predicted molar refractivity (Wildman–Crippen MR) is 65.7 cm³/mol. The molecule has 2 atom stereocenters. The van der Waals surface area contributed by atoms with Crippen LogP contribution in [0, 0.1) is 16.7 Å². The number of hydrogen-bond donors (Lipinski definition) is 1. The molecule has 0 bridgehead atoms. The van der Waals surface area contributed by atoms with Crippen LogP contribution in [-0.2, 0) is 15.1 Å². The molecule has 0 saturated carbocycles. The lowest BCUT2D eigenvalue weighted by Gasteiger charge is -2.39. The Morgan fingerprint density at radius 1 is 1.50 bits per heavy atom. The molecular weight excluding hydrogens is 230 g/mol. The Morgan fingerprint density at radius 2 is 2.22 bits per heavy atom. The summed E-state index contributed by atoms with van der Waals surface area (Å²) in [5, 5.41) is 20.5. The van der Waals surface area contributed by atoms with Crippen LogP contribution < -0.4 is 0 Å². The van der Waals surface area contributed by atoms with Gasteiger partial charge in [0.15, 0.2) is 0 Å². The minimum Gasteiger partial charge on any atom is -0.381 e. The van der Waals surface area contributed by atoms with E-state index < -0.39 is 11.0 Å². The van der Waals surface area contributed by atoms with E-state index in [-0.39, 0.29) is 13.2 Å². The molecule has 1 heterocycles. The number of nitriles is 1. The average molecular weight is 247 g/mol. The predicted octanol–water partition coefficient (Wildman–Crippen LogP) is 1.45. The Morgan fingerprint density at radius 3 is 2.72 bits per heavy atom. The minimum absolute atomic E-state index is 0.0773. The SMILES string of the molecule is COCC(O)(c1ccccc1)C1(C#N)CCOC1. The quantitative estimate of drug-likeness (QED) is 0.874. The van der Waals surface area contributed by atoms with Crippen LogP contribution in [-0.4, -0.2) is 32.0 Å². The van der Waals surface area contributed by atoms with Gasteiger partial charge < -0.3 is 14.6 Å². The summed E-state index contributed by atoms with van der Waals surface area (Å²) >= 11 is 0. The van der Waals surface area contributed by atoms with Crippen molar-refractivity contribution in [3.8, 4) is 6.07 Å². The first-order valence-electron chi connectivity index (χ1n) is 5.94. The van der Waals surface area contributed by atoms with Crippen molar-refractivity contribution in [3.05, 3.63) is 35.9 Å². The maximum absolute atomic E-state index is 11.0. The highest BCUT2D eigenvalue weighted by Gasteiger charge is 2.54. The van der Waals surface area contributed by atoms with Gasteiger partial charge in [0.1, 0.15) is 11.0 Å². The molecule has 2 unspecified atom stereocenters. The zero-order valence-corrected chi connectivity index (χ0v) is 10.4. The van der Waals surface area contributed by atoms with Gasteiger partial charge in [0.25, 0.3) is 0 Å². The van der Waals surface area contributed by atoms with E-state index >= 15 is 0 Å². The fourth-order valence-electron chi connectivity index (χ4n) is 2.49. The second kappa shape index (κ2) is 5.07. The van der Waals surface area contributed by atoms with Crippen LogP contribution >= 0.6 is 0 Å². The molecule has 18 heavy (non-hydrogen) atoms. The van der Waals surface area contributed by atoms with Crippen molar-refractivity contribution >= 4 is 0 Å². The van der Waals surface area contributed by atoms with Crippen LogP contribution in [0.3, 0.4) is 0 Å². The summed E-state index contributed by atoms with van der Waals surface area (Å²) in [5.74, 6) is 0. The maximum atomic E-state index is 11.0. The van der Waals surface area contributed by atoms with Gasteiger partial charge >= 0.3 is 0 Å². The Labute approximate surface area is 107 Å². The van der Waals surface area contributed by atoms with Gasteiger partial charge in [-0.1, -0.05) is 30.3 Å². The van der Waals surface area contributed by atoms with E-state index in [0.717, 1.165) is 0 Å². The standard InChI is InChI=1S/C14H17NO3/c1-17-11-14(16,12-5-3-2-4-6-12)13(9-15)7-8-18-10-13/h2-6,16H,7-8,10-11H2,1H3. The number of aliphatic hydroxyl groups is 1. The summed E-state index contributed by atoms with van der Waals surface area (Å²) in [7, 11) is 1.52. The third-order valence-corrected chi connectivity index (χ3v) is 3.63. The van der Waals surface area contributed by atoms with Crippen LogP contribution in [0.2, 0.25) is 0 Å². The number of hydrogen-bond acceptors (Lipinski definition) is 4. The van der Waals surface area contributed by atoms with E-state index in [1.165, 1.54) is 7.11 Å². The highest BCUT2D eigenvalue weighted by atomic mass is 16.5. The van der Waals surface area contributed by atoms with Gasteiger partial charge in [-0.25, -0.2) is 0 Å². The lowest BCUT2D eigenvalue weighted by Crippen LogP contribution is -2.49.